The average molecular weight is 305 g/mol. The van der Waals surface area contributed by atoms with E-state index in [9.17, 15) is 15.0 Å². The van der Waals surface area contributed by atoms with Crippen molar-refractivity contribution < 1.29 is 19.7 Å². The lowest BCUT2D eigenvalue weighted by Crippen LogP contribution is -2.35. The first-order valence-corrected chi connectivity index (χ1v) is 6.85. The molecule has 3 N–H and O–H groups in total. The van der Waals surface area contributed by atoms with Gasteiger partial charge in [-0.15, -0.1) is 0 Å². The molecule has 22 heavy (non-hydrogen) atoms. The minimum Gasteiger partial charge on any atom is -0.445 e. The van der Waals surface area contributed by atoms with Crippen LogP contribution in [0.25, 0.3) is 0 Å². The van der Waals surface area contributed by atoms with Crippen molar-refractivity contribution in [3.05, 3.63) is 54.1 Å². The Kier molecular flexibility index (Phi) is 5.51. The minimum atomic E-state index is -1.17. The van der Waals surface area contributed by atoms with Crippen molar-refractivity contribution in [1.29, 1.82) is 0 Å². The van der Waals surface area contributed by atoms with Gasteiger partial charge in [-0.1, -0.05) is 30.3 Å². The zero-order valence-electron chi connectivity index (χ0n) is 12.2. The fraction of sp³-hybridized carbons (Fsp3) is 0.333. The number of aromatic nitrogens is 2. The van der Waals surface area contributed by atoms with Gasteiger partial charge in [0.25, 0.3) is 0 Å². The van der Waals surface area contributed by atoms with Crippen molar-refractivity contribution in [2.24, 2.45) is 7.05 Å². The van der Waals surface area contributed by atoms with Crippen molar-refractivity contribution in [3.8, 4) is 0 Å². The van der Waals surface area contributed by atoms with E-state index < -0.39 is 18.3 Å². The molecule has 0 saturated heterocycles. The number of nitrogens with one attached hydrogen (secondary N) is 1. The van der Waals surface area contributed by atoms with Gasteiger partial charge in [-0.2, -0.15) is 0 Å². The summed E-state index contributed by atoms with van der Waals surface area (Å²) in [5.41, 5.74) is 1.21. The predicted octanol–water partition coefficient (Wildman–Crippen LogP) is 0.741. The van der Waals surface area contributed by atoms with E-state index in [1.54, 1.807) is 17.8 Å². The van der Waals surface area contributed by atoms with E-state index in [-0.39, 0.29) is 13.2 Å². The van der Waals surface area contributed by atoms with Gasteiger partial charge in [0.2, 0.25) is 0 Å². The third-order valence-corrected chi connectivity index (χ3v) is 3.06. The summed E-state index contributed by atoms with van der Waals surface area (Å²) < 4.78 is 6.67. The molecule has 7 nitrogen and oxygen atoms in total. The Bertz CT molecular complexity index is 600. The highest BCUT2D eigenvalue weighted by Gasteiger charge is 2.21. The molecule has 2 rings (SSSR count). The maximum atomic E-state index is 11.5. The Morgan fingerprint density at radius 2 is 2.09 bits per heavy atom. The van der Waals surface area contributed by atoms with Crippen LogP contribution in [0.5, 0.6) is 0 Å². The fourth-order valence-corrected chi connectivity index (χ4v) is 1.86. The summed E-state index contributed by atoms with van der Waals surface area (Å²) in [7, 11) is 1.76. The number of aliphatic hydroxyl groups excluding tert-OH is 2. The van der Waals surface area contributed by atoms with E-state index in [0.717, 1.165) is 5.56 Å². The van der Waals surface area contributed by atoms with Crippen LogP contribution in [0.1, 0.15) is 17.4 Å². The summed E-state index contributed by atoms with van der Waals surface area (Å²) in [5.74, 6) is 0. The Labute approximate surface area is 128 Å². The first-order chi connectivity index (χ1) is 10.6. The van der Waals surface area contributed by atoms with Gasteiger partial charge in [-0.05, 0) is 5.56 Å². The van der Waals surface area contributed by atoms with Crippen LogP contribution in [0.15, 0.2) is 42.9 Å². The second-order valence-electron chi connectivity index (χ2n) is 4.92. The van der Waals surface area contributed by atoms with Crippen molar-refractivity contribution in [3.63, 3.8) is 0 Å². The van der Waals surface area contributed by atoms with Crippen LogP contribution in [0.3, 0.4) is 0 Å². The van der Waals surface area contributed by atoms with E-state index in [4.69, 9.17) is 4.74 Å². The number of hydrogen-bond donors (Lipinski definition) is 3. The van der Waals surface area contributed by atoms with Crippen molar-refractivity contribution in [2.75, 3.05) is 6.54 Å². The molecule has 2 unspecified atom stereocenters. The summed E-state index contributed by atoms with van der Waals surface area (Å²) in [6.07, 6.45) is 0.125. The highest BCUT2D eigenvalue weighted by molar-refractivity contribution is 5.67. The van der Waals surface area contributed by atoms with Crippen molar-refractivity contribution >= 4 is 6.09 Å². The van der Waals surface area contributed by atoms with Crippen LogP contribution in [-0.2, 0) is 18.4 Å². The molecule has 0 fully saturated rings. The first-order valence-electron chi connectivity index (χ1n) is 6.85. The van der Waals surface area contributed by atoms with Crippen molar-refractivity contribution in [1.82, 2.24) is 14.9 Å². The molecular weight excluding hydrogens is 286 g/mol. The number of amides is 1. The Balaban J connectivity index is 1.73. The number of hydrogen-bond acceptors (Lipinski definition) is 5. The molecule has 1 aromatic carbocycles. The van der Waals surface area contributed by atoms with Crippen molar-refractivity contribution in [2.45, 2.75) is 18.8 Å². The van der Waals surface area contributed by atoms with Crippen LogP contribution in [0.2, 0.25) is 0 Å². The van der Waals surface area contributed by atoms with Gasteiger partial charge >= 0.3 is 6.09 Å². The second-order valence-corrected chi connectivity index (χ2v) is 4.92. The predicted molar refractivity (Wildman–Crippen MR) is 78.8 cm³/mol. The largest absolute Gasteiger partial charge is 0.445 e. The Morgan fingerprint density at radius 3 is 2.73 bits per heavy atom. The SMILES string of the molecule is Cn1cnc(C(O)C(O)CNC(=O)OCc2ccccc2)c1. The molecule has 0 spiro atoms. The maximum Gasteiger partial charge on any atom is 0.407 e. The first kappa shape index (κ1) is 16.0. The number of aryl methyl sites for hydroxylation is 1. The molecule has 2 aromatic rings. The topological polar surface area (TPSA) is 96.6 Å². The third kappa shape index (κ3) is 4.57. The molecule has 7 heteroatoms. The maximum absolute atomic E-state index is 11.5. The van der Waals surface area contributed by atoms with E-state index >= 15 is 0 Å². The number of carbonyl (C=O) groups excluding carboxylic acids is 1. The fourth-order valence-electron chi connectivity index (χ4n) is 1.86. The molecule has 0 aliphatic heterocycles. The van der Waals surface area contributed by atoms with Gasteiger partial charge in [0.1, 0.15) is 18.8 Å². The molecule has 1 amide bonds. The van der Waals surface area contributed by atoms with Gasteiger partial charge in [0.15, 0.2) is 0 Å². The quantitative estimate of drug-likeness (QED) is 0.731. The summed E-state index contributed by atoms with van der Waals surface area (Å²) >= 11 is 0. The van der Waals surface area contributed by atoms with Gasteiger partial charge in [-0.3, -0.25) is 0 Å². The van der Waals surface area contributed by atoms with Gasteiger partial charge in [0, 0.05) is 19.8 Å². The summed E-state index contributed by atoms with van der Waals surface area (Å²) in [6.45, 7) is 0.0108. The smallest absolute Gasteiger partial charge is 0.407 e. The molecule has 0 saturated carbocycles. The number of imidazole rings is 1. The van der Waals surface area contributed by atoms with Crippen LogP contribution in [-0.4, -0.2) is 38.5 Å². The van der Waals surface area contributed by atoms with E-state index in [1.807, 2.05) is 30.3 Å². The van der Waals surface area contributed by atoms with Crippen LogP contribution in [0, 0.1) is 0 Å². The molecule has 1 aromatic heterocycles. The Hall–Kier alpha value is -2.38. The van der Waals surface area contributed by atoms with Gasteiger partial charge < -0.3 is 24.8 Å². The lowest BCUT2D eigenvalue weighted by atomic mass is 10.1. The zero-order valence-corrected chi connectivity index (χ0v) is 12.2. The van der Waals surface area contributed by atoms with Crippen LogP contribution in [0.4, 0.5) is 4.79 Å². The van der Waals surface area contributed by atoms with E-state index in [1.165, 1.54) is 6.33 Å². The highest BCUT2D eigenvalue weighted by Crippen LogP contribution is 2.13. The zero-order chi connectivity index (χ0) is 15.9. The molecule has 0 aliphatic carbocycles. The van der Waals surface area contributed by atoms with Gasteiger partial charge in [-0.25, -0.2) is 9.78 Å². The molecule has 118 valence electrons. The van der Waals surface area contributed by atoms with Crippen LogP contribution < -0.4 is 5.32 Å². The number of aliphatic hydroxyl groups is 2. The van der Waals surface area contributed by atoms with E-state index in [0.29, 0.717) is 5.69 Å². The normalized spacial score (nSPS) is 13.4. The number of rotatable bonds is 6. The molecular formula is C15H19N3O4. The van der Waals surface area contributed by atoms with E-state index in [2.05, 4.69) is 10.3 Å². The number of benzene rings is 1. The monoisotopic (exact) mass is 305 g/mol. The molecule has 2 atom stereocenters. The molecule has 0 radical (unpaired) electrons. The van der Waals surface area contributed by atoms with Gasteiger partial charge in [0.05, 0.1) is 12.0 Å². The minimum absolute atomic E-state index is 0.134. The standard InChI is InChI=1S/C15H19N3O4/c1-18-8-12(17-10-18)14(20)13(19)7-16-15(21)22-9-11-5-3-2-4-6-11/h2-6,8,10,13-14,19-20H,7,9H2,1H3,(H,16,21). The Morgan fingerprint density at radius 1 is 1.36 bits per heavy atom. The molecule has 1 heterocycles. The molecule has 0 bridgehead atoms. The highest BCUT2D eigenvalue weighted by atomic mass is 16.5. The lowest BCUT2D eigenvalue weighted by molar-refractivity contribution is 0.0161. The number of alkyl carbamates (subject to hydrolysis) is 1. The lowest BCUT2D eigenvalue weighted by Gasteiger charge is -2.16. The summed E-state index contributed by atoms with van der Waals surface area (Å²) in [6, 6.07) is 9.26. The summed E-state index contributed by atoms with van der Waals surface area (Å²) in [5, 5.41) is 22.2. The third-order valence-electron chi connectivity index (χ3n) is 3.06. The van der Waals surface area contributed by atoms with Crippen LogP contribution >= 0.6 is 0 Å². The summed E-state index contributed by atoms with van der Waals surface area (Å²) in [4.78, 5) is 15.5. The number of nitrogens with zero attached hydrogens (tertiary/aromatic N) is 2. The number of ether oxygens (including phenoxy) is 1. The average Bonchev–Trinajstić information content (AvgIpc) is 2.97. The molecule has 0 aliphatic rings. The number of carbonyl (C=O) groups is 1. The second kappa shape index (κ2) is 7.58.